The highest BCUT2D eigenvalue weighted by Gasteiger charge is 2.22. The van der Waals surface area contributed by atoms with E-state index in [1.54, 1.807) is 0 Å². The van der Waals surface area contributed by atoms with Gasteiger partial charge in [0.2, 0.25) is 0 Å². The topological polar surface area (TPSA) is 25.8 Å². The van der Waals surface area contributed by atoms with E-state index in [1.807, 2.05) is 22.7 Å². The molecular formula is C48H44I4N2S2. The van der Waals surface area contributed by atoms with Gasteiger partial charge in [-0.3, -0.25) is 0 Å². The van der Waals surface area contributed by atoms with Crippen molar-refractivity contribution in [2.24, 2.45) is 0 Å². The first-order chi connectivity index (χ1) is 27.2. The lowest BCUT2D eigenvalue weighted by atomic mass is 9.99. The minimum atomic E-state index is 0.438. The SMILES string of the molecule is CCCC(I)c1cc2c3ccc(s3)c3cc(C(I)CCC)cc4c5cc(C(I)CCC)cc(c6ccc(s6)c6cc(C(I)CCC)cc7c(c1)c2nc67)c5nc34. The monoisotopic (exact) mass is 1220 g/mol. The van der Waals surface area contributed by atoms with Gasteiger partial charge in [-0.15, -0.1) is 22.7 Å². The molecule has 0 saturated carbocycles. The van der Waals surface area contributed by atoms with Gasteiger partial charge < -0.3 is 0 Å². The molecule has 4 atom stereocenters. The molecule has 5 heterocycles. The molecule has 0 N–H and O–H groups in total. The molecule has 0 radical (unpaired) electrons. The van der Waals surface area contributed by atoms with Gasteiger partial charge in [-0.05, 0) is 121 Å². The highest BCUT2D eigenvalue weighted by Crippen LogP contribution is 2.46. The molecule has 8 heteroatoms. The van der Waals surface area contributed by atoms with Gasteiger partial charge in [-0.1, -0.05) is 144 Å². The third kappa shape index (κ3) is 7.15. The second-order valence-electron chi connectivity index (χ2n) is 15.4. The lowest BCUT2D eigenvalue weighted by Gasteiger charge is -2.12. The summed E-state index contributed by atoms with van der Waals surface area (Å²) >= 11 is 14.5. The third-order valence-electron chi connectivity index (χ3n) is 11.4. The summed E-state index contributed by atoms with van der Waals surface area (Å²) in [5, 5.41) is 10.2. The van der Waals surface area contributed by atoms with Crippen LogP contribution in [0.4, 0.5) is 0 Å². The van der Waals surface area contributed by atoms with E-state index in [0.717, 1.165) is 73.4 Å². The van der Waals surface area contributed by atoms with Gasteiger partial charge in [-0.25, -0.2) is 9.97 Å². The molecule has 0 aliphatic carbocycles. The van der Waals surface area contributed by atoms with E-state index in [9.17, 15) is 0 Å². The minimum absolute atomic E-state index is 0.438. The molecule has 0 aliphatic heterocycles. The number of hydrogen-bond acceptors (Lipinski definition) is 4. The molecule has 4 unspecified atom stereocenters. The third-order valence-corrected chi connectivity index (χ3v) is 19.1. The van der Waals surface area contributed by atoms with Crippen LogP contribution in [0.1, 0.15) is 117 Å². The zero-order valence-corrected chi connectivity index (χ0v) is 42.4. The Kier molecular flexibility index (Phi) is 12.0. The van der Waals surface area contributed by atoms with E-state index in [-0.39, 0.29) is 0 Å². The number of benzene rings is 4. The first kappa shape index (κ1) is 40.2. The van der Waals surface area contributed by atoms with Crippen molar-refractivity contribution < 1.29 is 0 Å². The predicted molar refractivity (Wildman–Crippen MR) is 285 cm³/mol. The number of aromatic nitrogens is 2. The van der Waals surface area contributed by atoms with Crippen molar-refractivity contribution in [2.45, 2.75) is 94.8 Å². The van der Waals surface area contributed by atoms with Crippen molar-refractivity contribution in [3.8, 4) is 0 Å². The molecule has 5 aromatic heterocycles. The van der Waals surface area contributed by atoms with E-state index in [1.165, 1.54) is 84.1 Å². The van der Waals surface area contributed by atoms with Crippen LogP contribution in [0.3, 0.4) is 0 Å². The van der Waals surface area contributed by atoms with E-state index in [2.05, 4.69) is 191 Å². The van der Waals surface area contributed by atoms with Crippen LogP contribution in [0, 0.1) is 0 Å². The zero-order chi connectivity index (χ0) is 38.8. The molecule has 0 spiro atoms. The smallest absolute Gasteiger partial charge is 0.0803 e. The maximum absolute atomic E-state index is 5.67. The molecule has 0 aliphatic rings. The van der Waals surface area contributed by atoms with Crippen molar-refractivity contribution in [1.82, 2.24) is 9.97 Å². The Morgan fingerprint density at radius 3 is 0.804 bits per heavy atom. The quantitative estimate of drug-likeness (QED) is 0.0900. The first-order valence-corrected chi connectivity index (χ1v) is 26.8. The predicted octanol–water partition coefficient (Wildman–Crippen LogP) is 18.9. The van der Waals surface area contributed by atoms with Crippen LogP contribution in [-0.4, -0.2) is 9.97 Å². The maximum Gasteiger partial charge on any atom is 0.0803 e. The summed E-state index contributed by atoms with van der Waals surface area (Å²) in [4.78, 5) is 11.3. The molecule has 9 aromatic rings. The van der Waals surface area contributed by atoms with Gasteiger partial charge in [0.1, 0.15) is 0 Å². The van der Waals surface area contributed by atoms with Gasteiger partial charge in [0.05, 0.1) is 22.1 Å². The number of thiophene rings is 2. The molecule has 0 fully saturated rings. The number of fused-ring (bicyclic) bond motifs is 10. The number of nitrogens with zero attached hydrogens (tertiary/aromatic N) is 2. The summed E-state index contributed by atoms with van der Waals surface area (Å²) < 4.78 is 6.88. The van der Waals surface area contributed by atoms with Crippen LogP contribution in [0.15, 0.2) is 72.8 Å². The molecule has 2 nitrogen and oxygen atoms in total. The Labute approximate surface area is 391 Å². The summed E-state index contributed by atoms with van der Waals surface area (Å²) in [5.41, 5.74) is 10.1. The van der Waals surface area contributed by atoms with Gasteiger partial charge in [0.25, 0.3) is 0 Å². The van der Waals surface area contributed by atoms with Crippen molar-refractivity contribution >= 4 is 197 Å². The molecular weight excluding hydrogens is 1180 g/mol. The maximum atomic E-state index is 5.67. The minimum Gasteiger partial charge on any atom is -0.246 e. The van der Waals surface area contributed by atoms with Crippen molar-refractivity contribution in [1.29, 1.82) is 0 Å². The van der Waals surface area contributed by atoms with Crippen LogP contribution in [-0.2, 0) is 0 Å². The second-order valence-corrected chi connectivity index (χ2v) is 23.6. The summed E-state index contributed by atoms with van der Waals surface area (Å²) in [6, 6.07) is 29.2. The molecule has 56 heavy (non-hydrogen) atoms. The molecule has 4 aromatic carbocycles. The number of rotatable bonds is 12. The fraction of sp³-hybridized carbons (Fsp3) is 0.333. The highest BCUT2D eigenvalue weighted by atomic mass is 127. The Morgan fingerprint density at radius 1 is 0.375 bits per heavy atom. The Hall–Kier alpha value is -1.20. The lowest BCUT2D eigenvalue weighted by molar-refractivity contribution is 0.800. The fourth-order valence-corrected chi connectivity index (χ4v) is 14.6. The van der Waals surface area contributed by atoms with Crippen LogP contribution in [0.2, 0.25) is 0 Å². The number of halogens is 4. The summed E-state index contributed by atoms with van der Waals surface area (Å²) in [6.07, 6.45) is 9.28. The van der Waals surface area contributed by atoms with E-state index in [4.69, 9.17) is 9.97 Å². The molecule has 8 bridgehead atoms. The average molecular weight is 1220 g/mol. The molecule has 0 amide bonds. The van der Waals surface area contributed by atoms with Gasteiger partial charge in [0.15, 0.2) is 0 Å². The second kappa shape index (κ2) is 16.7. The zero-order valence-electron chi connectivity index (χ0n) is 32.1. The van der Waals surface area contributed by atoms with Gasteiger partial charge in [-0.2, -0.15) is 0 Å². The summed E-state index contributed by atoms with van der Waals surface area (Å²) in [6.45, 7) is 9.21. The lowest BCUT2D eigenvalue weighted by Crippen LogP contribution is -1.90. The van der Waals surface area contributed by atoms with Crippen LogP contribution >= 0.6 is 113 Å². The van der Waals surface area contributed by atoms with Crippen LogP contribution < -0.4 is 0 Å². The summed E-state index contributed by atoms with van der Waals surface area (Å²) in [7, 11) is 0. The van der Waals surface area contributed by atoms with Crippen molar-refractivity contribution in [2.75, 3.05) is 0 Å². The largest absolute Gasteiger partial charge is 0.246 e. The number of hydrogen-bond donors (Lipinski definition) is 0. The van der Waals surface area contributed by atoms with Gasteiger partial charge in [0, 0.05) is 77.6 Å². The molecule has 9 rings (SSSR count). The van der Waals surface area contributed by atoms with Crippen LogP contribution in [0.25, 0.3) is 84.0 Å². The summed E-state index contributed by atoms with van der Waals surface area (Å²) in [5.74, 6) is 0. The highest BCUT2D eigenvalue weighted by molar-refractivity contribution is 14.1. The normalized spacial score (nSPS) is 14.7. The first-order valence-electron chi connectivity index (χ1n) is 20.1. The number of alkyl halides is 4. The van der Waals surface area contributed by atoms with Gasteiger partial charge >= 0.3 is 0 Å². The Balaban J connectivity index is 1.52. The van der Waals surface area contributed by atoms with E-state index >= 15 is 0 Å². The Bertz CT molecular complexity index is 2570. The van der Waals surface area contributed by atoms with Crippen LogP contribution in [0.5, 0.6) is 0 Å². The molecule has 0 saturated heterocycles. The van der Waals surface area contributed by atoms with Crippen molar-refractivity contribution in [3.63, 3.8) is 0 Å². The fourth-order valence-electron chi connectivity index (χ4n) is 8.56. The van der Waals surface area contributed by atoms with E-state index < -0.39 is 0 Å². The standard InChI is InChI=1S/C48H44I4N2S2/c1-5-9-37(49)25-17-29-30-18-26(38(50)10-6-2)22-34-43-15-16-44(56-43)36-24-28(40(52)12-8-4)20-32-31-19-27(39(51)11-7-3)23-35(47(31)54-48(32)36)42-14-13-41(55-42)33(21-25)45(29)53-46(30)34/h13-24,37-40H,5-12H2,1-4H3. The molecule has 286 valence electrons. The van der Waals surface area contributed by atoms with Crippen molar-refractivity contribution in [3.05, 3.63) is 95.1 Å². The van der Waals surface area contributed by atoms with E-state index in [0.29, 0.717) is 15.7 Å². The Morgan fingerprint density at radius 2 is 0.589 bits per heavy atom. The average Bonchev–Trinajstić information content (AvgIpc) is 4.02.